The van der Waals surface area contributed by atoms with Crippen LogP contribution in [-0.2, 0) is 11.2 Å². The number of thioether (sulfide) groups is 1. The summed E-state index contributed by atoms with van der Waals surface area (Å²) in [6.45, 7) is 3.81. The zero-order valence-electron chi connectivity index (χ0n) is 12.4. The summed E-state index contributed by atoms with van der Waals surface area (Å²) < 4.78 is 0. The van der Waals surface area contributed by atoms with Crippen LogP contribution in [0.1, 0.15) is 19.4 Å². The van der Waals surface area contributed by atoms with Crippen molar-refractivity contribution in [1.82, 2.24) is 9.97 Å². The van der Waals surface area contributed by atoms with Crippen molar-refractivity contribution < 1.29 is 4.79 Å². The van der Waals surface area contributed by atoms with E-state index in [4.69, 9.17) is 5.73 Å². The molecule has 0 saturated carbocycles. The fourth-order valence-corrected chi connectivity index (χ4v) is 2.62. The van der Waals surface area contributed by atoms with Gasteiger partial charge in [-0.1, -0.05) is 30.8 Å². The highest BCUT2D eigenvalue weighted by Gasteiger charge is 2.16. The number of nitrogens with zero attached hydrogens (tertiary/aromatic N) is 1. The number of anilines is 2. The standard InChI is InChI=1S/C15H18N4O2S/c1-3-10-4-6-11(7-5-10)17-14(21)9(2)22-15-18-12(16)8-13(20)19-15/h4-9H,3H2,1-2H3,(H,17,21)(H3,16,18,19,20). The molecular formula is C15H18N4O2S. The SMILES string of the molecule is CCc1ccc(NC(=O)C(C)Sc2nc(N)cc(=O)[nH]2)cc1. The maximum Gasteiger partial charge on any atom is 0.253 e. The van der Waals surface area contributed by atoms with Gasteiger partial charge in [-0.3, -0.25) is 9.59 Å². The van der Waals surface area contributed by atoms with Crippen LogP contribution in [0.2, 0.25) is 0 Å². The predicted molar refractivity (Wildman–Crippen MR) is 89.0 cm³/mol. The smallest absolute Gasteiger partial charge is 0.253 e. The molecular weight excluding hydrogens is 300 g/mol. The van der Waals surface area contributed by atoms with E-state index < -0.39 is 5.25 Å². The van der Waals surface area contributed by atoms with Gasteiger partial charge >= 0.3 is 0 Å². The number of amides is 1. The molecule has 7 heteroatoms. The molecule has 6 nitrogen and oxygen atoms in total. The van der Waals surface area contributed by atoms with Crippen LogP contribution >= 0.6 is 11.8 Å². The van der Waals surface area contributed by atoms with Crippen molar-refractivity contribution in [3.63, 3.8) is 0 Å². The van der Waals surface area contributed by atoms with E-state index in [1.165, 1.54) is 11.6 Å². The summed E-state index contributed by atoms with van der Waals surface area (Å²) in [6, 6.07) is 8.89. The molecule has 1 unspecified atom stereocenters. The van der Waals surface area contributed by atoms with Gasteiger partial charge < -0.3 is 16.0 Å². The topological polar surface area (TPSA) is 101 Å². The first kappa shape index (κ1) is 16.1. The molecule has 0 aliphatic carbocycles. The van der Waals surface area contributed by atoms with Crippen LogP contribution in [-0.4, -0.2) is 21.1 Å². The third kappa shape index (κ3) is 4.36. The van der Waals surface area contributed by atoms with E-state index in [1.807, 2.05) is 24.3 Å². The van der Waals surface area contributed by atoms with Crippen molar-refractivity contribution in [2.75, 3.05) is 11.1 Å². The Kier molecular flexibility index (Phi) is 5.21. The molecule has 0 bridgehead atoms. The summed E-state index contributed by atoms with van der Waals surface area (Å²) >= 11 is 1.15. The van der Waals surface area contributed by atoms with E-state index in [0.717, 1.165) is 23.9 Å². The van der Waals surface area contributed by atoms with Crippen LogP contribution in [0.15, 0.2) is 40.3 Å². The molecule has 0 fully saturated rings. The predicted octanol–water partition coefficient (Wildman–Crippen LogP) is 2.03. The van der Waals surface area contributed by atoms with Gasteiger partial charge in [0.25, 0.3) is 5.56 Å². The lowest BCUT2D eigenvalue weighted by molar-refractivity contribution is -0.115. The Balaban J connectivity index is 2.00. The van der Waals surface area contributed by atoms with Crippen molar-refractivity contribution in [2.45, 2.75) is 30.7 Å². The Morgan fingerprint density at radius 3 is 2.68 bits per heavy atom. The Morgan fingerprint density at radius 2 is 2.09 bits per heavy atom. The minimum atomic E-state index is -0.421. The van der Waals surface area contributed by atoms with E-state index in [-0.39, 0.29) is 17.3 Å². The van der Waals surface area contributed by atoms with Crippen LogP contribution in [0.3, 0.4) is 0 Å². The summed E-state index contributed by atoms with van der Waals surface area (Å²) in [4.78, 5) is 30.0. The van der Waals surface area contributed by atoms with Gasteiger partial charge in [0.1, 0.15) is 5.82 Å². The maximum atomic E-state index is 12.2. The van der Waals surface area contributed by atoms with Crippen LogP contribution < -0.4 is 16.6 Å². The van der Waals surface area contributed by atoms with Crippen molar-refractivity contribution in [2.24, 2.45) is 0 Å². The molecule has 1 amide bonds. The van der Waals surface area contributed by atoms with E-state index in [9.17, 15) is 9.59 Å². The summed E-state index contributed by atoms with van der Waals surface area (Å²) in [5.74, 6) is -0.0339. The molecule has 1 atom stereocenters. The summed E-state index contributed by atoms with van der Waals surface area (Å²) in [5, 5.41) is 2.74. The van der Waals surface area contributed by atoms with Crippen LogP contribution in [0.25, 0.3) is 0 Å². The molecule has 22 heavy (non-hydrogen) atoms. The number of rotatable bonds is 5. The Hall–Kier alpha value is -2.28. The van der Waals surface area contributed by atoms with Gasteiger partial charge in [-0.25, -0.2) is 4.98 Å². The number of benzene rings is 1. The monoisotopic (exact) mass is 318 g/mol. The molecule has 116 valence electrons. The van der Waals surface area contributed by atoms with Crippen molar-refractivity contribution in [3.8, 4) is 0 Å². The quantitative estimate of drug-likeness (QED) is 0.578. The van der Waals surface area contributed by atoms with Gasteiger partial charge in [0.15, 0.2) is 5.16 Å². The first-order valence-corrected chi connectivity index (χ1v) is 7.79. The summed E-state index contributed by atoms with van der Waals surface area (Å²) in [7, 11) is 0. The number of carbonyl (C=O) groups is 1. The van der Waals surface area contributed by atoms with Gasteiger partial charge in [-0.05, 0) is 31.0 Å². The first-order chi connectivity index (χ1) is 10.5. The van der Waals surface area contributed by atoms with Crippen molar-refractivity contribution in [3.05, 3.63) is 46.2 Å². The minimum Gasteiger partial charge on any atom is -0.383 e. The number of aromatic amines is 1. The number of aryl methyl sites for hydroxylation is 1. The van der Waals surface area contributed by atoms with Crippen molar-refractivity contribution in [1.29, 1.82) is 0 Å². The number of nitrogen functional groups attached to an aromatic ring is 1. The summed E-state index contributed by atoms with van der Waals surface area (Å²) in [5.41, 5.74) is 7.13. The molecule has 2 rings (SSSR count). The van der Waals surface area contributed by atoms with Crippen LogP contribution in [0.4, 0.5) is 11.5 Å². The minimum absolute atomic E-state index is 0.133. The van der Waals surface area contributed by atoms with Gasteiger partial charge in [0.2, 0.25) is 5.91 Å². The van der Waals surface area contributed by atoms with Gasteiger partial charge in [0.05, 0.1) is 5.25 Å². The van der Waals surface area contributed by atoms with Gasteiger partial charge in [-0.15, -0.1) is 0 Å². The van der Waals surface area contributed by atoms with Gasteiger partial charge in [0, 0.05) is 11.8 Å². The first-order valence-electron chi connectivity index (χ1n) is 6.91. The Morgan fingerprint density at radius 1 is 1.41 bits per heavy atom. The number of carbonyl (C=O) groups excluding carboxylic acids is 1. The van der Waals surface area contributed by atoms with E-state index in [1.54, 1.807) is 6.92 Å². The molecule has 0 aliphatic rings. The molecule has 1 heterocycles. The second-order valence-electron chi connectivity index (χ2n) is 4.78. The molecule has 0 saturated heterocycles. The normalized spacial score (nSPS) is 11.9. The summed E-state index contributed by atoms with van der Waals surface area (Å²) in [6.07, 6.45) is 0.953. The van der Waals surface area contributed by atoms with Crippen molar-refractivity contribution >= 4 is 29.2 Å². The Bertz CT molecular complexity index is 712. The molecule has 2 aromatic rings. The molecule has 0 aliphatic heterocycles. The number of hydrogen-bond acceptors (Lipinski definition) is 5. The second-order valence-corrected chi connectivity index (χ2v) is 6.10. The lowest BCUT2D eigenvalue weighted by atomic mass is 10.1. The van der Waals surface area contributed by atoms with Crippen LogP contribution in [0, 0.1) is 0 Å². The highest BCUT2D eigenvalue weighted by molar-refractivity contribution is 8.00. The third-order valence-corrected chi connectivity index (χ3v) is 4.01. The molecule has 1 aromatic carbocycles. The van der Waals surface area contributed by atoms with Crippen LogP contribution in [0.5, 0.6) is 0 Å². The number of hydrogen-bond donors (Lipinski definition) is 3. The largest absolute Gasteiger partial charge is 0.383 e. The van der Waals surface area contributed by atoms with E-state index in [0.29, 0.717) is 5.16 Å². The third-order valence-electron chi connectivity index (χ3n) is 3.03. The molecule has 1 aromatic heterocycles. The molecule has 0 radical (unpaired) electrons. The number of nitrogens with one attached hydrogen (secondary N) is 2. The fourth-order valence-electron chi connectivity index (χ4n) is 1.80. The zero-order valence-corrected chi connectivity index (χ0v) is 13.2. The molecule has 4 N–H and O–H groups in total. The zero-order chi connectivity index (χ0) is 16.1. The number of nitrogens with two attached hydrogens (primary N) is 1. The highest BCUT2D eigenvalue weighted by atomic mass is 32.2. The van der Waals surface area contributed by atoms with E-state index in [2.05, 4.69) is 22.2 Å². The van der Waals surface area contributed by atoms with Gasteiger partial charge in [-0.2, -0.15) is 0 Å². The average molecular weight is 318 g/mol. The molecule has 0 spiro atoms. The maximum absolute atomic E-state index is 12.2. The second kappa shape index (κ2) is 7.13. The number of H-pyrrole nitrogens is 1. The Labute approximate surface area is 132 Å². The fraction of sp³-hybridized carbons (Fsp3) is 0.267. The highest BCUT2D eigenvalue weighted by Crippen LogP contribution is 2.20. The number of aromatic nitrogens is 2. The lowest BCUT2D eigenvalue weighted by Crippen LogP contribution is -2.23. The average Bonchev–Trinajstić information content (AvgIpc) is 2.46. The van der Waals surface area contributed by atoms with E-state index >= 15 is 0 Å². The lowest BCUT2D eigenvalue weighted by Gasteiger charge is -2.11.